The maximum atomic E-state index is 11.5. The van der Waals surface area contributed by atoms with E-state index in [1.807, 2.05) is 17.5 Å². The number of anilines is 2. The molecule has 3 aromatic rings. The van der Waals surface area contributed by atoms with Crippen LogP contribution in [-0.2, 0) is 10.0 Å². The Morgan fingerprint density at radius 3 is 2.79 bits per heavy atom. The molecule has 2 aromatic heterocycles. The number of primary sulfonamides is 1. The van der Waals surface area contributed by atoms with Crippen molar-refractivity contribution in [2.75, 3.05) is 12.4 Å². The van der Waals surface area contributed by atoms with Crippen LogP contribution in [0.4, 0.5) is 10.8 Å². The Morgan fingerprint density at radius 2 is 2.12 bits per heavy atom. The molecule has 0 atom stereocenters. The summed E-state index contributed by atoms with van der Waals surface area (Å²) in [6.07, 6.45) is 3.42. The van der Waals surface area contributed by atoms with Crippen molar-refractivity contribution in [1.82, 2.24) is 9.97 Å². The average Bonchev–Trinajstić information content (AvgIpc) is 3.03. The van der Waals surface area contributed by atoms with E-state index in [0.29, 0.717) is 16.6 Å². The third-order valence-electron chi connectivity index (χ3n) is 3.20. The van der Waals surface area contributed by atoms with Gasteiger partial charge in [0.05, 0.1) is 23.4 Å². The number of hydrogen-bond acceptors (Lipinski definition) is 7. The summed E-state index contributed by atoms with van der Waals surface area (Å²) in [7, 11) is -2.30. The van der Waals surface area contributed by atoms with Gasteiger partial charge in [-0.2, -0.15) is 0 Å². The Bertz CT molecular complexity index is 956. The number of benzene rings is 1. The maximum Gasteiger partial charge on any atom is 0.238 e. The van der Waals surface area contributed by atoms with E-state index in [2.05, 4.69) is 15.3 Å². The summed E-state index contributed by atoms with van der Waals surface area (Å²) < 4.78 is 28.3. The zero-order valence-corrected chi connectivity index (χ0v) is 14.3. The van der Waals surface area contributed by atoms with Gasteiger partial charge in [0.15, 0.2) is 5.13 Å². The van der Waals surface area contributed by atoms with Gasteiger partial charge < -0.3 is 10.1 Å². The van der Waals surface area contributed by atoms with E-state index in [4.69, 9.17) is 9.88 Å². The first kappa shape index (κ1) is 16.4. The molecule has 1 aromatic carbocycles. The van der Waals surface area contributed by atoms with Crippen molar-refractivity contribution >= 4 is 32.2 Å². The van der Waals surface area contributed by atoms with E-state index in [9.17, 15) is 8.42 Å². The molecule has 0 saturated heterocycles. The largest absolute Gasteiger partial charge is 0.495 e. The first-order valence-corrected chi connectivity index (χ1v) is 9.24. The van der Waals surface area contributed by atoms with Crippen LogP contribution in [0.25, 0.3) is 11.3 Å². The Balaban J connectivity index is 1.92. The quantitative estimate of drug-likeness (QED) is 0.722. The van der Waals surface area contributed by atoms with Gasteiger partial charge in [-0.15, -0.1) is 11.3 Å². The number of pyridine rings is 1. The van der Waals surface area contributed by atoms with Crippen LogP contribution >= 0.6 is 11.3 Å². The molecule has 124 valence electrons. The van der Waals surface area contributed by atoms with Crippen molar-refractivity contribution in [2.24, 2.45) is 5.14 Å². The fourth-order valence-electron chi connectivity index (χ4n) is 2.05. The van der Waals surface area contributed by atoms with E-state index < -0.39 is 10.0 Å². The highest BCUT2D eigenvalue weighted by atomic mass is 32.2. The van der Waals surface area contributed by atoms with Crippen LogP contribution in [0, 0.1) is 0 Å². The lowest BCUT2D eigenvalue weighted by atomic mass is 10.2. The first-order valence-electron chi connectivity index (χ1n) is 6.81. The lowest BCUT2D eigenvalue weighted by Crippen LogP contribution is -2.12. The SMILES string of the molecule is COc1ccc(S(N)(=O)=O)cc1Nc1nc(-c2cccnc2)cs1. The van der Waals surface area contributed by atoms with Gasteiger partial charge >= 0.3 is 0 Å². The summed E-state index contributed by atoms with van der Waals surface area (Å²) in [5.41, 5.74) is 2.14. The van der Waals surface area contributed by atoms with Crippen LogP contribution in [0.1, 0.15) is 0 Å². The number of ether oxygens (including phenoxy) is 1. The molecule has 7 nitrogen and oxygen atoms in total. The van der Waals surface area contributed by atoms with Gasteiger partial charge in [0, 0.05) is 23.3 Å². The standard InChI is InChI=1S/C15H14N4O3S2/c1-22-14-5-4-11(24(16,20)21)7-12(14)18-15-19-13(9-23-15)10-3-2-6-17-8-10/h2-9H,1H3,(H,18,19)(H2,16,20,21). The third-order valence-corrected chi connectivity index (χ3v) is 4.87. The number of aromatic nitrogens is 2. The molecule has 3 rings (SSSR count). The number of hydrogen-bond donors (Lipinski definition) is 2. The van der Waals surface area contributed by atoms with Gasteiger partial charge in [-0.1, -0.05) is 0 Å². The second-order valence-electron chi connectivity index (χ2n) is 4.81. The lowest BCUT2D eigenvalue weighted by Gasteiger charge is -2.10. The van der Waals surface area contributed by atoms with Crippen molar-refractivity contribution in [3.05, 3.63) is 48.1 Å². The third kappa shape index (κ3) is 3.53. The summed E-state index contributed by atoms with van der Waals surface area (Å²) >= 11 is 1.39. The van der Waals surface area contributed by atoms with Crippen LogP contribution in [0.2, 0.25) is 0 Å². The van der Waals surface area contributed by atoms with Crippen molar-refractivity contribution in [1.29, 1.82) is 0 Å². The summed E-state index contributed by atoms with van der Waals surface area (Å²) in [6, 6.07) is 8.09. The molecule has 3 N–H and O–H groups in total. The van der Waals surface area contributed by atoms with E-state index in [1.54, 1.807) is 12.4 Å². The Labute approximate surface area is 143 Å². The van der Waals surface area contributed by atoms with Crippen LogP contribution in [0.15, 0.2) is 53.0 Å². The molecule has 0 radical (unpaired) electrons. The van der Waals surface area contributed by atoms with Crippen LogP contribution in [-0.4, -0.2) is 25.5 Å². The van der Waals surface area contributed by atoms with E-state index in [0.717, 1.165) is 11.3 Å². The predicted octanol–water partition coefficient (Wildman–Crippen LogP) is 2.60. The van der Waals surface area contributed by atoms with Gasteiger partial charge in [0.2, 0.25) is 10.0 Å². The highest BCUT2D eigenvalue weighted by molar-refractivity contribution is 7.89. The molecular formula is C15H14N4O3S2. The minimum absolute atomic E-state index is 0.00478. The minimum atomic E-state index is -3.80. The zero-order chi connectivity index (χ0) is 17.2. The smallest absolute Gasteiger partial charge is 0.238 e. The Hall–Kier alpha value is -2.49. The van der Waals surface area contributed by atoms with Crippen LogP contribution < -0.4 is 15.2 Å². The van der Waals surface area contributed by atoms with E-state index in [1.165, 1.54) is 36.6 Å². The first-order chi connectivity index (χ1) is 11.5. The van der Waals surface area contributed by atoms with Gasteiger partial charge in [0.25, 0.3) is 0 Å². The number of nitrogens with one attached hydrogen (secondary N) is 1. The molecule has 0 spiro atoms. The fraction of sp³-hybridized carbons (Fsp3) is 0.0667. The Morgan fingerprint density at radius 1 is 1.29 bits per heavy atom. The van der Waals surface area contributed by atoms with Gasteiger partial charge in [0.1, 0.15) is 5.75 Å². The second kappa shape index (κ2) is 6.56. The van der Waals surface area contributed by atoms with E-state index >= 15 is 0 Å². The van der Waals surface area contributed by atoms with Crippen LogP contribution in [0.5, 0.6) is 5.75 Å². The molecule has 0 unspecified atom stereocenters. The second-order valence-corrected chi connectivity index (χ2v) is 7.23. The van der Waals surface area contributed by atoms with Gasteiger partial charge in [-0.25, -0.2) is 18.5 Å². The van der Waals surface area contributed by atoms with Crippen LogP contribution in [0.3, 0.4) is 0 Å². The molecule has 2 heterocycles. The van der Waals surface area contributed by atoms with Crippen molar-refractivity contribution in [3.8, 4) is 17.0 Å². The van der Waals surface area contributed by atoms with Crippen molar-refractivity contribution in [3.63, 3.8) is 0 Å². The molecule has 9 heteroatoms. The molecule has 0 fully saturated rings. The number of thiazole rings is 1. The predicted molar refractivity (Wildman–Crippen MR) is 93.0 cm³/mol. The Kier molecular flexibility index (Phi) is 4.47. The van der Waals surface area contributed by atoms with Crippen molar-refractivity contribution in [2.45, 2.75) is 4.90 Å². The number of methoxy groups -OCH3 is 1. The monoisotopic (exact) mass is 362 g/mol. The molecule has 0 aliphatic heterocycles. The molecule has 0 aliphatic rings. The highest BCUT2D eigenvalue weighted by Gasteiger charge is 2.13. The number of rotatable bonds is 5. The van der Waals surface area contributed by atoms with Crippen molar-refractivity contribution < 1.29 is 13.2 Å². The molecule has 0 saturated carbocycles. The summed E-state index contributed by atoms with van der Waals surface area (Å²) in [5, 5.41) is 10.7. The van der Waals surface area contributed by atoms with Gasteiger partial charge in [-0.05, 0) is 30.3 Å². The zero-order valence-electron chi connectivity index (χ0n) is 12.6. The fourth-order valence-corrected chi connectivity index (χ4v) is 3.33. The van der Waals surface area contributed by atoms with E-state index in [-0.39, 0.29) is 4.90 Å². The molecule has 24 heavy (non-hydrogen) atoms. The minimum Gasteiger partial charge on any atom is -0.495 e. The summed E-state index contributed by atoms with van der Waals surface area (Å²) in [4.78, 5) is 8.53. The molecule has 0 amide bonds. The normalized spacial score (nSPS) is 11.2. The summed E-state index contributed by atoms with van der Waals surface area (Å²) in [5.74, 6) is 0.487. The number of nitrogens with zero attached hydrogens (tertiary/aromatic N) is 2. The molecular weight excluding hydrogens is 348 g/mol. The molecule has 0 bridgehead atoms. The maximum absolute atomic E-state index is 11.5. The summed E-state index contributed by atoms with van der Waals surface area (Å²) in [6.45, 7) is 0. The van der Waals surface area contributed by atoms with Gasteiger partial charge in [-0.3, -0.25) is 4.98 Å². The average molecular weight is 362 g/mol. The number of nitrogens with two attached hydrogens (primary N) is 1. The number of sulfonamides is 1. The highest BCUT2D eigenvalue weighted by Crippen LogP contribution is 2.32. The topological polar surface area (TPSA) is 107 Å². The molecule has 0 aliphatic carbocycles. The lowest BCUT2D eigenvalue weighted by molar-refractivity contribution is 0.416.